The maximum absolute atomic E-state index is 14.4. The predicted molar refractivity (Wildman–Crippen MR) is 138 cm³/mol. The van der Waals surface area contributed by atoms with Gasteiger partial charge in [-0.1, -0.05) is 23.7 Å². The Bertz CT molecular complexity index is 1460. The number of nitrogens with one attached hydrogen (secondary N) is 4. The molecular weight excluding hydrogens is 517 g/mol. The first-order valence-corrected chi connectivity index (χ1v) is 14.6. The highest BCUT2D eigenvalue weighted by molar-refractivity contribution is 7.92. The van der Waals surface area contributed by atoms with E-state index in [0.29, 0.717) is 41.0 Å². The van der Waals surface area contributed by atoms with E-state index in [0.717, 1.165) is 18.1 Å². The highest BCUT2D eigenvalue weighted by Gasteiger charge is 2.20. The SMILES string of the molecule is CS(=O)(=O)Nc1ccccc1Nc1nc(Nc2ccc(N3CCS(=N)(=O)CC3)cc2Cl)ncc1F. The second-order valence-corrected chi connectivity index (χ2v) is 12.5. The molecule has 0 unspecified atom stereocenters. The lowest BCUT2D eigenvalue weighted by atomic mass is 10.2. The van der Waals surface area contributed by atoms with Crippen LogP contribution in [0, 0.1) is 10.6 Å². The van der Waals surface area contributed by atoms with Gasteiger partial charge in [0.1, 0.15) is 0 Å². The topological polar surface area (TPSA) is 140 Å². The van der Waals surface area contributed by atoms with Gasteiger partial charge in [0, 0.05) is 40.0 Å². The van der Waals surface area contributed by atoms with E-state index >= 15 is 0 Å². The zero-order chi connectivity index (χ0) is 25.2. The fourth-order valence-corrected chi connectivity index (χ4v) is 5.47. The molecule has 0 aliphatic carbocycles. The summed E-state index contributed by atoms with van der Waals surface area (Å²) < 4.78 is 59.7. The van der Waals surface area contributed by atoms with Crippen LogP contribution < -0.4 is 20.3 Å². The van der Waals surface area contributed by atoms with Gasteiger partial charge in [-0.05, 0) is 30.3 Å². The number of hydrogen-bond donors (Lipinski definition) is 4. The van der Waals surface area contributed by atoms with Crippen molar-refractivity contribution < 1.29 is 17.0 Å². The van der Waals surface area contributed by atoms with Crippen molar-refractivity contribution in [2.45, 2.75) is 0 Å². The molecule has 4 rings (SSSR count). The van der Waals surface area contributed by atoms with Crippen molar-refractivity contribution in [3.05, 3.63) is 59.5 Å². The average molecular weight is 540 g/mol. The van der Waals surface area contributed by atoms with Crippen molar-refractivity contribution >= 4 is 65.9 Å². The fourth-order valence-electron chi connectivity index (χ4n) is 3.43. The first-order chi connectivity index (χ1) is 16.5. The van der Waals surface area contributed by atoms with E-state index in [1.165, 1.54) is 6.07 Å². The Kier molecular flexibility index (Phi) is 7.01. The van der Waals surface area contributed by atoms with Gasteiger partial charge in [-0.3, -0.25) is 9.50 Å². The van der Waals surface area contributed by atoms with Crippen LogP contribution in [0.25, 0.3) is 0 Å². The largest absolute Gasteiger partial charge is 0.370 e. The number of nitrogens with zero attached hydrogens (tertiary/aromatic N) is 3. The Balaban J connectivity index is 1.52. The van der Waals surface area contributed by atoms with E-state index in [-0.39, 0.29) is 17.5 Å². The van der Waals surface area contributed by atoms with Gasteiger partial charge in [-0.25, -0.2) is 22.0 Å². The maximum Gasteiger partial charge on any atom is 0.229 e. The van der Waals surface area contributed by atoms with Crippen molar-refractivity contribution in [2.75, 3.05) is 51.1 Å². The van der Waals surface area contributed by atoms with Crippen molar-refractivity contribution in [2.24, 2.45) is 0 Å². The van der Waals surface area contributed by atoms with Gasteiger partial charge in [0.05, 0.1) is 34.5 Å². The second-order valence-electron chi connectivity index (χ2n) is 7.93. The van der Waals surface area contributed by atoms with Gasteiger partial charge < -0.3 is 15.5 Å². The molecule has 0 amide bonds. The van der Waals surface area contributed by atoms with E-state index in [2.05, 4.69) is 25.3 Å². The molecule has 2 heterocycles. The average Bonchev–Trinajstić information content (AvgIpc) is 2.78. The normalized spacial score (nSPS) is 15.5. The molecule has 0 atom stereocenters. The first kappa shape index (κ1) is 24.9. The zero-order valence-corrected chi connectivity index (χ0v) is 21.0. The summed E-state index contributed by atoms with van der Waals surface area (Å²) in [6.45, 7) is 1.02. The number of para-hydroxylation sites is 2. The van der Waals surface area contributed by atoms with Gasteiger partial charge in [0.2, 0.25) is 16.0 Å². The molecule has 2 aromatic carbocycles. The number of benzene rings is 2. The molecule has 1 aromatic heterocycles. The lowest BCUT2D eigenvalue weighted by Crippen LogP contribution is -2.39. The van der Waals surface area contributed by atoms with Crippen LogP contribution in [-0.2, 0) is 19.8 Å². The summed E-state index contributed by atoms with van der Waals surface area (Å²) in [5, 5.41) is 6.13. The fraction of sp³-hybridized carbons (Fsp3) is 0.238. The summed E-state index contributed by atoms with van der Waals surface area (Å²) >= 11 is 6.44. The molecule has 1 fully saturated rings. The molecule has 1 aliphatic rings. The van der Waals surface area contributed by atoms with Crippen molar-refractivity contribution in [1.29, 1.82) is 4.78 Å². The minimum absolute atomic E-state index is 0.0732. The van der Waals surface area contributed by atoms with Crippen LogP contribution >= 0.6 is 11.6 Å². The molecule has 10 nitrogen and oxygen atoms in total. The first-order valence-electron chi connectivity index (χ1n) is 10.4. The number of rotatable bonds is 7. The Morgan fingerprint density at radius 1 is 1.09 bits per heavy atom. The quantitative estimate of drug-likeness (QED) is 0.353. The van der Waals surface area contributed by atoms with E-state index in [9.17, 15) is 17.0 Å². The van der Waals surface area contributed by atoms with Gasteiger partial charge in [-0.2, -0.15) is 4.98 Å². The second kappa shape index (κ2) is 9.84. The van der Waals surface area contributed by atoms with Crippen LogP contribution in [0.4, 0.5) is 38.9 Å². The predicted octanol–water partition coefficient (Wildman–Crippen LogP) is 3.99. The molecule has 0 saturated carbocycles. The maximum atomic E-state index is 14.4. The third-order valence-corrected chi connectivity index (χ3v) is 7.75. The number of anilines is 6. The highest BCUT2D eigenvalue weighted by Crippen LogP contribution is 2.31. The Morgan fingerprint density at radius 3 is 2.43 bits per heavy atom. The van der Waals surface area contributed by atoms with Gasteiger partial charge >= 0.3 is 0 Å². The van der Waals surface area contributed by atoms with E-state index < -0.39 is 25.6 Å². The molecular formula is C21H23ClFN7O3S2. The summed E-state index contributed by atoms with van der Waals surface area (Å²) in [4.78, 5) is 10.1. The van der Waals surface area contributed by atoms with Gasteiger partial charge in [-0.15, -0.1) is 0 Å². The smallest absolute Gasteiger partial charge is 0.229 e. The number of halogens is 2. The van der Waals surface area contributed by atoms with Crippen LogP contribution in [-0.4, -0.2) is 53.4 Å². The van der Waals surface area contributed by atoms with Crippen molar-refractivity contribution in [3.63, 3.8) is 0 Å². The molecule has 3 aromatic rings. The van der Waals surface area contributed by atoms with E-state index in [1.54, 1.807) is 30.3 Å². The monoisotopic (exact) mass is 539 g/mol. The molecule has 0 radical (unpaired) electrons. The standard InChI is InChI=1S/C21H23ClFN7O3S2/c1-34(31,32)29-19-5-3-2-4-18(19)26-20-16(23)13-25-21(28-20)27-17-7-6-14(12-15(17)22)30-8-10-35(24,33)11-9-30/h2-7,12-13,24,29H,8-11H2,1H3,(H2,25,26,27,28). The minimum atomic E-state index is -3.54. The Hall–Kier alpha value is -3.16. The van der Waals surface area contributed by atoms with E-state index in [4.69, 9.17) is 16.4 Å². The summed E-state index contributed by atoms with van der Waals surface area (Å²) in [5.41, 5.74) is 1.88. The summed E-state index contributed by atoms with van der Waals surface area (Å²) in [7, 11) is -6.04. The van der Waals surface area contributed by atoms with Gasteiger partial charge in [0.25, 0.3) is 0 Å². The zero-order valence-electron chi connectivity index (χ0n) is 18.6. The molecule has 14 heteroatoms. The Labute approximate surface area is 208 Å². The lowest BCUT2D eigenvalue weighted by Gasteiger charge is -2.30. The molecule has 4 N–H and O–H groups in total. The summed E-state index contributed by atoms with van der Waals surface area (Å²) in [6, 6.07) is 11.7. The molecule has 0 spiro atoms. The van der Waals surface area contributed by atoms with Crippen LogP contribution in [0.1, 0.15) is 0 Å². The number of aromatic nitrogens is 2. The highest BCUT2D eigenvalue weighted by atomic mass is 35.5. The number of sulfonamides is 1. The van der Waals surface area contributed by atoms with Crippen LogP contribution in [0.2, 0.25) is 5.02 Å². The number of hydrogen-bond acceptors (Lipinski definition) is 9. The molecule has 1 aliphatic heterocycles. The van der Waals surface area contributed by atoms with Crippen molar-refractivity contribution in [3.8, 4) is 0 Å². The molecule has 35 heavy (non-hydrogen) atoms. The van der Waals surface area contributed by atoms with Crippen LogP contribution in [0.3, 0.4) is 0 Å². The van der Waals surface area contributed by atoms with Crippen molar-refractivity contribution in [1.82, 2.24) is 9.97 Å². The molecule has 0 bridgehead atoms. The summed E-state index contributed by atoms with van der Waals surface area (Å²) in [6.07, 6.45) is 2.00. The van der Waals surface area contributed by atoms with Gasteiger partial charge in [0.15, 0.2) is 11.6 Å². The van der Waals surface area contributed by atoms with Crippen LogP contribution in [0.15, 0.2) is 48.7 Å². The summed E-state index contributed by atoms with van der Waals surface area (Å²) in [5.74, 6) is -0.198. The Morgan fingerprint density at radius 2 is 1.77 bits per heavy atom. The minimum Gasteiger partial charge on any atom is -0.370 e. The molecule has 1 saturated heterocycles. The third-order valence-electron chi connectivity index (χ3n) is 5.17. The lowest BCUT2D eigenvalue weighted by molar-refractivity contribution is 0.607. The molecule has 186 valence electrons. The van der Waals surface area contributed by atoms with Crippen LogP contribution in [0.5, 0.6) is 0 Å². The van der Waals surface area contributed by atoms with E-state index in [1.807, 2.05) is 11.0 Å². The third kappa shape index (κ3) is 6.50.